The highest BCUT2D eigenvalue weighted by molar-refractivity contribution is 7.92. The number of nitrogens with one attached hydrogen (secondary N) is 1. The molecule has 138 valence electrons. The third-order valence-corrected chi connectivity index (χ3v) is 6.47. The number of nitrogens with zero attached hydrogens (tertiary/aromatic N) is 1. The van der Waals surface area contributed by atoms with Gasteiger partial charge in [0.05, 0.1) is 11.4 Å². The van der Waals surface area contributed by atoms with Crippen LogP contribution in [0, 0.1) is 6.92 Å². The van der Waals surface area contributed by atoms with Crippen LogP contribution in [0.5, 0.6) is 0 Å². The average Bonchev–Trinajstić information content (AvgIpc) is 2.61. The lowest BCUT2D eigenvalue weighted by atomic mass is 10.0. The van der Waals surface area contributed by atoms with E-state index in [4.69, 9.17) is 0 Å². The van der Waals surface area contributed by atoms with Crippen LogP contribution in [-0.4, -0.2) is 26.6 Å². The summed E-state index contributed by atoms with van der Waals surface area (Å²) in [6.45, 7) is 4.33. The van der Waals surface area contributed by atoms with E-state index < -0.39 is 10.0 Å². The zero-order valence-corrected chi connectivity index (χ0v) is 16.0. The van der Waals surface area contributed by atoms with E-state index in [0.717, 1.165) is 29.7 Å². The summed E-state index contributed by atoms with van der Waals surface area (Å²) in [5.41, 5.74) is 4.01. The van der Waals surface area contributed by atoms with E-state index >= 15 is 0 Å². The average molecular weight is 372 g/mol. The Morgan fingerprint density at radius 3 is 2.73 bits per heavy atom. The minimum absolute atomic E-state index is 0.151. The highest BCUT2D eigenvalue weighted by Gasteiger charge is 2.26. The summed E-state index contributed by atoms with van der Waals surface area (Å²) >= 11 is 0. The molecule has 1 aliphatic heterocycles. The van der Waals surface area contributed by atoms with E-state index in [1.165, 1.54) is 4.31 Å². The van der Waals surface area contributed by atoms with Gasteiger partial charge in [0.25, 0.3) is 5.91 Å². The Labute approximate surface area is 155 Å². The number of sulfonamides is 1. The molecular weight excluding hydrogens is 348 g/mol. The number of rotatable bonds is 5. The molecule has 6 heteroatoms. The number of hydrogen-bond donors (Lipinski definition) is 1. The monoisotopic (exact) mass is 372 g/mol. The van der Waals surface area contributed by atoms with Crippen molar-refractivity contribution in [3.8, 4) is 0 Å². The van der Waals surface area contributed by atoms with Crippen LogP contribution in [0.15, 0.2) is 42.5 Å². The first-order valence-corrected chi connectivity index (χ1v) is 10.5. The van der Waals surface area contributed by atoms with Gasteiger partial charge in [0, 0.05) is 17.8 Å². The van der Waals surface area contributed by atoms with Gasteiger partial charge in [0.15, 0.2) is 0 Å². The third-order valence-electron chi connectivity index (χ3n) is 4.49. The fraction of sp³-hybridized carbons (Fsp3) is 0.350. The molecule has 2 aromatic carbocycles. The molecule has 0 saturated heterocycles. The van der Waals surface area contributed by atoms with E-state index in [1.807, 2.05) is 38.1 Å². The largest absolute Gasteiger partial charge is 0.322 e. The lowest BCUT2D eigenvalue weighted by Gasteiger charge is -2.30. The Hall–Kier alpha value is -2.34. The van der Waals surface area contributed by atoms with E-state index in [9.17, 15) is 13.2 Å². The molecule has 1 N–H and O–H groups in total. The van der Waals surface area contributed by atoms with E-state index in [2.05, 4.69) is 5.32 Å². The van der Waals surface area contributed by atoms with Crippen LogP contribution in [0.1, 0.15) is 41.3 Å². The molecule has 0 saturated carbocycles. The van der Waals surface area contributed by atoms with Crippen LogP contribution < -0.4 is 9.62 Å². The second-order valence-electron chi connectivity index (χ2n) is 6.66. The zero-order valence-electron chi connectivity index (χ0n) is 15.2. The Kier molecular flexibility index (Phi) is 5.32. The fourth-order valence-corrected chi connectivity index (χ4v) is 4.91. The lowest BCUT2D eigenvalue weighted by molar-refractivity contribution is 0.102. The van der Waals surface area contributed by atoms with Gasteiger partial charge >= 0.3 is 0 Å². The number of carbonyl (C=O) groups is 1. The Balaban J connectivity index is 1.84. The first-order chi connectivity index (χ1) is 12.4. The van der Waals surface area contributed by atoms with Gasteiger partial charge < -0.3 is 5.32 Å². The van der Waals surface area contributed by atoms with Crippen molar-refractivity contribution in [3.63, 3.8) is 0 Å². The second-order valence-corrected chi connectivity index (χ2v) is 8.67. The van der Waals surface area contributed by atoms with Gasteiger partial charge in [0.1, 0.15) is 0 Å². The molecule has 0 bridgehead atoms. The molecule has 1 heterocycles. The Morgan fingerprint density at radius 1 is 1.19 bits per heavy atom. The standard InChI is InChI=1S/C20H24N2O3S/c1-3-12-26(24,25)22-11-5-8-16-14-18(9-10-19(16)22)21-20(23)17-7-4-6-15(2)13-17/h4,6-7,9-10,13-14H,3,5,8,11-12H2,1-2H3,(H,21,23). The zero-order chi connectivity index (χ0) is 18.7. The maximum atomic E-state index is 12.5. The van der Waals surface area contributed by atoms with Crippen LogP contribution >= 0.6 is 0 Å². The van der Waals surface area contributed by atoms with Crippen LogP contribution in [0.2, 0.25) is 0 Å². The number of fused-ring (bicyclic) bond motifs is 1. The quantitative estimate of drug-likeness (QED) is 0.869. The summed E-state index contributed by atoms with van der Waals surface area (Å²) < 4.78 is 26.5. The normalized spacial score (nSPS) is 14.0. The third kappa shape index (κ3) is 3.90. The van der Waals surface area contributed by atoms with Crippen molar-refractivity contribution in [2.45, 2.75) is 33.1 Å². The van der Waals surface area contributed by atoms with Gasteiger partial charge in [0.2, 0.25) is 10.0 Å². The molecule has 0 aliphatic carbocycles. The van der Waals surface area contributed by atoms with Crippen LogP contribution in [0.4, 0.5) is 11.4 Å². The molecular formula is C20H24N2O3S. The van der Waals surface area contributed by atoms with E-state index in [-0.39, 0.29) is 11.7 Å². The SMILES string of the molecule is CCCS(=O)(=O)N1CCCc2cc(NC(=O)c3cccc(C)c3)ccc21. The summed E-state index contributed by atoms with van der Waals surface area (Å²) in [5, 5.41) is 2.91. The molecule has 1 aliphatic rings. The molecule has 0 fully saturated rings. The highest BCUT2D eigenvalue weighted by atomic mass is 32.2. The summed E-state index contributed by atoms with van der Waals surface area (Å²) in [6, 6.07) is 12.9. The van der Waals surface area contributed by atoms with E-state index in [0.29, 0.717) is 24.2 Å². The summed E-state index contributed by atoms with van der Waals surface area (Å²) in [5.74, 6) is -0.0157. The summed E-state index contributed by atoms with van der Waals surface area (Å²) in [6.07, 6.45) is 2.19. The molecule has 0 unspecified atom stereocenters. The van der Waals surface area contributed by atoms with Gasteiger partial charge in [-0.05, 0) is 62.1 Å². The predicted octanol–water partition coefficient (Wildman–Crippen LogP) is 3.74. The van der Waals surface area contributed by atoms with Crippen molar-refractivity contribution in [2.75, 3.05) is 21.9 Å². The van der Waals surface area contributed by atoms with Gasteiger partial charge in [-0.3, -0.25) is 9.10 Å². The molecule has 0 aromatic heterocycles. The predicted molar refractivity (Wildman–Crippen MR) is 105 cm³/mol. The summed E-state index contributed by atoms with van der Waals surface area (Å²) in [7, 11) is -3.28. The molecule has 2 aromatic rings. The van der Waals surface area contributed by atoms with Crippen LogP contribution in [0.3, 0.4) is 0 Å². The second kappa shape index (κ2) is 7.50. The van der Waals surface area contributed by atoms with Gasteiger partial charge in [-0.25, -0.2) is 8.42 Å². The molecule has 0 atom stereocenters. The first-order valence-electron chi connectivity index (χ1n) is 8.92. The van der Waals surface area contributed by atoms with Crippen molar-refractivity contribution < 1.29 is 13.2 Å². The molecule has 0 spiro atoms. The number of anilines is 2. The minimum Gasteiger partial charge on any atom is -0.322 e. The van der Waals surface area contributed by atoms with Gasteiger partial charge in [-0.2, -0.15) is 0 Å². The van der Waals surface area contributed by atoms with Crippen LogP contribution in [0.25, 0.3) is 0 Å². The number of amides is 1. The van der Waals surface area contributed by atoms with Crippen molar-refractivity contribution in [3.05, 3.63) is 59.2 Å². The summed E-state index contributed by atoms with van der Waals surface area (Å²) in [4.78, 5) is 12.4. The van der Waals surface area contributed by atoms with Crippen molar-refractivity contribution in [1.29, 1.82) is 0 Å². The lowest BCUT2D eigenvalue weighted by Crippen LogP contribution is -2.37. The minimum atomic E-state index is -3.28. The highest BCUT2D eigenvalue weighted by Crippen LogP contribution is 2.32. The molecule has 1 amide bonds. The molecule has 5 nitrogen and oxygen atoms in total. The molecule has 26 heavy (non-hydrogen) atoms. The smallest absolute Gasteiger partial charge is 0.255 e. The van der Waals surface area contributed by atoms with Crippen molar-refractivity contribution in [2.24, 2.45) is 0 Å². The molecule has 0 radical (unpaired) electrons. The van der Waals surface area contributed by atoms with E-state index in [1.54, 1.807) is 18.2 Å². The van der Waals surface area contributed by atoms with Gasteiger partial charge in [-0.1, -0.05) is 24.6 Å². The van der Waals surface area contributed by atoms with Crippen LogP contribution in [-0.2, 0) is 16.4 Å². The maximum Gasteiger partial charge on any atom is 0.255 e. The van der Waals surface area contributed by atoms with Gasteiger partial charge in [-0.15, -0.1) is 0 Å². The Bertz CT molecular complexity index is 922. The van der Waals surface area contributed by atoms with Crippen molar-refractivity contribution >= 4 is 27.3 Å². The number of carbonyl (C=O) groups excluding carboxylic acids is 1. The number of benzene rings is 2. The molecule has 3 rings (SSSR count). The number of hydrogen-bond acceptors (Lipinski definition) is 3. The maximum absolute atomic E-state index is 12.5. The fourth-order valence-electron chi connectivity index (χ4n) is 3.29. The Morgan fingerprint density at radius 2 is 2.00 bits per heavy atom. The van der Waals surface area contributed by atoms with Crippen molar-refractivity contribution in [1.82, 2.24) is 0 Å². The topological polar surface area (TPSA) is 66.5 Å². The number of aryl methyl sites for hydroxylation is 2. The first kappa shape index (κ1) is 18.5.